The molecule has 0 spiro atoms. The van der Waals surface area contributed by atoms with E-state index in [1.807, 2.05) is 0 Å². The van der Waals surface area contributed by atoms with Crippen molar-refractivity contribution in [3.8, 4) is 0 Å². The molecule has 2 atom stereocenters. The first-order valence-electron chi connectivity index (χ1n) is 8.78. The van der Waals surface area contributed by atoms with E-state index in [0.29, 0.717) is 45.2 Å². The predicted molar refractivity (Wildman–Crippen MR) is 96.0 cm³/mol. The van der Waals surface area contributed by atoms with E-state index in [4.69, 9.17) is 16.6 Å². The minimum absolute atomic E-state index is 0.264. The molecule has 0 aliphatic rings. The van der Waals surface area contributed by atoms with Crippen molar-refractivity contribution in [3.63, 3.8) is 0 Å². The van der Waals surface area contributed by atoms with E-state index < -0.39 is 29.9 Å². The van der Waals surface area contributed by atoms with Crippen molar-refractivity contribution in [2.75, 3.05) is 19.6 Å². The van der Waals surface area contributed by atoms with Crippen molar-refractivity contribution < 1.29 is 24.3 Å². The summed E-state index contributed by atoms with van der Waals surface area (Å²) in [7, 11) is 0. The van der Waals surface area contributed by atoms with Crippen LogP contribution in [-0.4, -0.2) is 60.5 Å². The van der Waals surface area contributed by atoms with Crippen molar-refractivity contribution in [3.05, 3.63) is 0 Å². The van der Waals surface area contributed by atoms with Gasteiger partial charge in [0.2, 0.25) is 17.7 Å². The number of carboxylic acid groups (broad SMARTS) is 1. The molecule has 0 aliphatic heterocycles. The lowest BCUT2D eigenvalue weighted by Crippen LogP contribution is -2.50. The van der Waals surface area contributed by atoms with Crippen molar-refractivity contribution in [1.29, 1.82) is 0 Å². The molecule has 0 bridgehead atoms. The van der Waals surface area contributed by atoms with Crippen LogP contribution in [0.5, 0.6) is 0 Å². The Morgan fingerprint density at radius 3 is 1.88 bits per heavy atom. The van der Waals surface area contributed by atoms with Gasteiger partial charge in [-0.2, -0.15) is 0 Å². The number of carbonyl (C=O) groups is 4. The number of amides is 3. The van der Waals surface area contributed by atoms with Crippen molar-refractivity contribution in [1.82, 2.24) is 16.0 Å². The molecule has 8 N–H and O–H groups in total. The summed E-state index contributed by atoms with van der Waals surface area (Å²) in [4.78, 5) is 46.4. The molecule has 0 aliphatic carbocycles. The Bertz CT molecular complexity index is 472. The van der Waals surface area contributed by atoms with Crippen LogP contribution in [0.1, 0.15) is 45.4 Å². The highest BCUT2D eigenvalue weighted by atomic mass is 16.4. The fourth-order valence-electron chi connectivity index (χ4n) is 2.29. The molecule has 26 heavy (non-hydrogen) atoms. The maximum atomic E-state index is 12.1. The quantitative estimate of drug-likeness (QED) is 0.199. The van der Waals surface area contributed by atoms with Gasteiger partial charge in [-0.3, -0.25) is 14.4 Å². The monoisotopic (exact) mass is 373 g/mol. The SMILES string of the molecule is CC(=O)N[C@@H](CCCCN)C(=O)NCC(=O)N[C@@H](CCCCN)C(=O)O. The number of hydrogen-bond donors (Lipinski definition) is 6. The highest BCUT2D eigenvalue weighted by Crippen LogP contribution is 2.02. The number of nitrogens with two attached hydrogens (primary N) is 2. The Morgan fingerprint density at radius 1 is 0.885 bits per heavy atom. The van der Waals surface area contributed by atoms with Gasteiger partial charge in [0, 0.05) is 6.92 Å². The third kappa shape index (κ3) is 11.4. The largest absolute Gasteiger partial charge is 0.480 e. The minimum atomic E-state index is -1.14. The first-order valence-corrected chi connectivity index (χ1v) is 8.78. The maximum Gasteiger partial charge on any atom is 0.326 e. The van der Waals surface area contributed by atoms with E-state index in [9.17, 15) is 19.2 Å². The summed E-state index contributed by atoms with van der Waals surface area (Å²) in [6.07, 6.45) is 3.28. The molecule has 150 valence electrons. The van der Waals surface area contributed by atoms with Crippen LogP contribution >= 0.6 is 0 Å². The van der Waals surface area contributed by atoms with Gasteiger partial charge in [0.25, 0.3) is 0 Å². The van der Waals surface area contributed by atoms with Crippen LogP contribution in [0.2, 0.25) is 0 Å². The molecular formula is C16H31N5O5. The highest BCUT2D eigenvalue weighted by molar-refractivity contribution is 5.91. The topological polar surface area (TPSA) is 177 Å². The smallest absolute Gasteiger partial charge is 0.326 e. The number of carbonyl (C=O) groups excluding carboxylic acids is 3. The highest BCUT2D eigenvalue weighted by Gasteiger charge is 2.22. The van der Waals surface area contributed by atoms with E-state index in [0.717, 1.165) is 0 Å². The molecular weight excluding hydrogens is 342 g/mol. The number of carboxylic acids is 1. The molecule has 10 heteroatoms. The van der Waals surface area contributed by atoms with Gasteiger partial charge >= 0.3 is 5.97 Å². The van der Waals surface area contributed by atoms with Gasteiger partial charge in [-0.25, -0.2) is 4.79 Å². The average Bonchev–Trinajstić information content (AvgIpc) is 2.57. The summed E-state index contributed by atoms with van der Waals surface area (Å²) in [6.45, 7) is 1.86. The summed E-state index contributed by atoms with van der Waals surface area (Å²) < 4.78 is 0. The molecule has 10 nitrogen and oxygen atoms in total. The van der Waals surface area contributed by atoms with E-state index in [1.165, 1.54) is 6.92 Å². The average molecular weight is 373 g/mol. The Labute approximate surface area is 153 Å². The first-order chi connectivity index (χ1) is 12.3. The van der Waals surface area contributed by atoms with Gasteiger partial charge in [-0.1, -0.05) is 0 Å². The fraction of sp³-hybridized carbons (Fsp3) is 0.750. The van der Waals surface area contributed by atoms with Gasteiger partial charge in [0.05, 0.1) is 6.54 Å². The van der Waals surface area contributed by atoms with Crippen LogP contribution in [-0.2, 0) is 19.2 Å². The van der Waals surface area contributed by atoms with Crippen molar-refractivity contribution >= 4 is 23.7 Å². The fourth-order valence-corrected chi connectivity index (χ4v) is 2.29. The number of nitrogens with one attached hydrogen (secondary N) is 3. The summed E-state index contributed by atoms with van der Waals surface area (Å²) in [5.74, 6) is -2.60. The van der Waals surface area contributed by atoms with Crippen LogP contribution in [0.15, 0.2) is 0 Å². The molecule has 0 saturated carbocycles. The molecule has 0 aromatic carbocycles. The third-order valence-electron chi connectivity index (χ3n) is 3.64. The van der Waals surface area contributed by atoms with E-state index in [2.05, 4.69) is 16.0 Å². The maximum absolute atomic E-state index is 12.1. The van der Waals surface area contributed by atoms with Gasteiger partial charge in [0.15, 0.2) is 0 Å². The molecule has 0 fully saturated rings. The van der Waals surface area contributed by atoms with Gasteiger partial charge in [0.1, 0.15) is 12.1 Å². The molecule has 0 heterocycles. The second-order valence-electron chi connectivity index (χ2n) is 6.00. The van der Waals surface area contributed by atoms with E-state index in [-0.39, 0.29) is 18.9 Å². The predicted octanol–water partition coefficient (Wildman–Crippen LogP) is -1.57. The Balaban J connectivity index is 4.46. The Kier molecular flexibility index (Phi) is 12.8. The number of rotatable bonds is 14. The number of aliphatic carboxylic acids is 1. The summed E-state index contributed by atoms with van der Waals surface area (Å²) in [5, 5.41) is 16.4. The van der Waals surface area contributed by atoms with Crippen LogP contribution in [0.25, 0.3) is 0 Å². The number of unbranched alkanes of at least 4 members (excludes halogenated alkanes) is 2. The zero-order valence-corrected chi connectivity index (χ0v) is 15.3. The minimum Gasteiger partial charge on any atom is -0.480 e. The van der Waals surface area contributed by atoms with Gasteiger partial charge in [-0.05, 0) is 51.6 Å². The van der Waals surface area contributed by atoms with Gasteiger partial charge < -0.3 is 32.5 Å². The van der Waals surface area contributed by atoms with Crippen molar-refractivity contribution in [2.24, 2.45) is 11.5 Å². The summed E-state index contributed by atoms with van der Waals surface area (Å²) in [5.41, 5.74) is 10.8. The summed E-state index contributed by atoms with van der Waals surface area (Å²) >= 11 is 0. The second-order valence-corrected chi connectivity index (χ2v) is 6.00. The van der Waals surface area contributed by atoms with Crippen LogP contribution in [0.4, 0.5) is 0 Å². The molecule has 0 aromatic heterocycles. The van der Waals surface area contributed by atoms with Crippen LogP contribution < -0.4 is 27.4 Å². The standard InChI is InChI=1S/C16H31N5O5/c1-11(22)20-12(6-2-4-8-17)15(24)19-10-14(23)21-13(16(25)26)7-3-5-9-18/h12-13H,2-10,17-18H2,1H3,(H,19,24)(H,20,22)(H,21,23)(H,25,26)/t12-,13-/m0/s1. The second kappa shape index (κ2) is 14.0. The molecule has 0 unspecified atom stereocenters. The zero-order valence-electron chi connectivity index (χ0n) is 15.3. The Hall–Kier alpha value is -2.20. The molecule has 0 radical (unpaired) electrons. The zero-order chi connectivity index (χ0) is 19.9. The van der Waals surface area contributed by atoms with Crippen LogP contribution in [0, 0.1) is 0 Å². The molecule has 0 aromatic rings. The normalized spacial score (nSPS) is 12.7. The van der Waals surface area contributed by atoms with E-state index in [1.54, 1.807) is 0 Å². The molecule has 0 rings (SSSR count). The lowest BCUT2D eigenvalue weighted by molar-refractivity contribution is -0.142. The third-order valence-corrected chi connectivity index (χ3v) is 3.64. The molecule has 0 saturated heterocycles. The van der Waals surface area contributed by atoms with Crippen molar-refractivity contribution in [2.45, 2.75) is 57.5 Å². The van der Waals surface area contributed by atoms with E-state index >= 15 is 0 Å². The molecule has 3 amide bonds. The Morgan fingerprint density at radius 2 is 1.42 bits per heavy atom. The van der Waals surface area contributed by atoms with Gasteiger partial charge in [-0.15, -0.1) is 0 Å². The van der Waals surface area contributed by atoms with Crippen LogP contribution in [0.3, 0.4) is 0 Å². The summed E-state index contributed by atoms with van der Waals surface area (Å²) in [6, 6.07) is -1.78. The lowest BCUT2D eigenvalue weighted by atomic mass is 10.1. The lowest BCUT2D eigenvalue weighted by Gasteiger charge is -2.18. The first kappa shape index (κ1) is 23.8. The number of hydrogen-bond acceptors (Lipinski definition) is 6.